The van der Waals surface area contributed by atoms with Gasteiger partial charge < -0.3 is 14.0 Å². The molecule has 0 saturated heterocycles. The van der Waals surface area contributed by atoms with Crippen LogP contribution < -0.4 is 4.74 Å². The largest absolute Gasteiger partial charge is 0.482 e. The van der Waals surface area contributed by atoms with Crippen LogP contribution in [0.25, 0.3) is 5.82 Å². The number of hydrogen-bond acceptors (Lipinski definition) is 6. The zero-order valence-electron chi connectivity index (χ0n) is 17.2. The van der Waals surface area contributed by atoms with Crippen molar-refractivity contribution in [1.29, 1.82) is 0 Å². The minimum atomic E-state index is -0.600. The Bertz CT molecular complexity index is 1060. The monoisotopic (exact) mass is 396 g/mol. The Morgan fingerprint density at radius 3 is 2.41 bits per heavy atom. The molecular formula is C22H24N2O5. The number of carbonyl (C=O) groups excluding carboxylic acids is 2. The number of nitrogens with zero attached hydrogens (tertiary/aromatic N) is 2. The van der Waals surface area contributed by atoms with Crippen LogP contribution in [0.5, 0.6) is 5.75 Å². The maximum atomic E-state index is 12.6. The fraction of sp³-hybridized carbons (Fsp3) is 0.318. The van der Waals surface area contributed by atoms with Gasteiger partial charge in [0.2, 0.25) is 5.78 Å². The van der Waals surface area contributed by atoms with E-state index in [4.69, 9.17) is 14.0 Å². The Morgan fingerprint density at radius 1 is 1.00 bits per heavy atom. The van der Waals surface area contributed by atoms with Crippen molar-refractivity contribution < 1.29 is 23.6 Å². The molecular weight excluding hydrogens is 372 g/mol. The van der Waals surface area contributed by atoms with Gasteiger partial charge in [0.25, 0.3) is 0 Å². The molecule has 7 heteroatoms. The summed E-state index contributed by atoms with van der Waals surface area (Å²) in [4.78, 5) is 24.5. The maximum Gasteiger partial charge on any atom is 0.344 e. The van der Waals surface area contributed by atoms with Crippen LogP contribution in [-0.4, -0.2) is 34.7 Å². The molecule has 0 saturated carbocycles. The molecule has 0 radical (unpaired) electrons. The van der Waals surface area contributed by atoms with Crippen molar-refractivity contribution in [1.82, 2.24) is 9.72 Å². The number of hydrogen-bond donors (Lipinski definition) is 0. The summed E-state index contributed by atoms with van der Waals surface area (Å²) in [5.41, 5.74) is 4.24. The maximum absolute atomic E-state index is 12.6. The van der Waals surface area contributed by atoms with E-state index in [1.54, 1.807) is 25.1 Å². The van der Waals surface area contributed by atoms with Gasteiger partial charge in [-0.25, -0.2) is 4.79 Å². The van der Waals surface area contributed by atoms with E-state index in [1.807, 2.05) is 44.4 Å². The highest BCUT2D eigenvalue weighted by atomic mass is 16.6. The van der Waals surface area contributed by atoms with E-state index in [1.165, 1.54) is 0 Å². The minimum Gasteiger partial charge on any atom is -0.482 e. The topological polar surface area (TPSA) is 83.6 Å². The molecule has 0 N–H and O–H groups in total. The summed E-state index contributed by atoms with van der Waals surface area (Å²) in [5.74, 6) is 0.984. The van der Waals surface area contributed by atoms with Crippen LogP contribution >= 0.6 is 0 Å². The van der Waals surface area contributed by atoms with E-state index in [2.05, 4.69) is 5.16 Å². The number of esters is 1. The zero-order chi connectivity index (χ0) is 21.1. The number of rotatable bonds is 7. The van der Waals surface area contributed by atoms with Crippen molar-refractivity contribution in [2.75, 3.05) is 13.2 Å². The van der Waals surface area contributed by atoms with Crippen LogP contribution in [0.3, 0.4) is 0 Å². The van der Waals surface area contributed by atoms with Gasteiger partial charge in [-0.2, -0.15) is 0 Å². The quantitative estimate of drug-likeness (QED) is 0.446. The lowest BCUT2D eigenvalue weighted by molar-refractivity contribution is -0.144. The molecule has 7 nitrogen and oxygen atoms in total. The van der Waals surface area contributed by atoms with Crippen molar-refractivity contribution in [3.8, 4) is 11.6 Å². The summed E-state index contributed by atoms with van der Waals surface area (Å²) in [6.07, 6.45) is 0. The Balaban J connectivity index is 1.59. The first-order chi connectivity index (χ1) is 13.8. The standard InChI is InChI=1S/C22H24N2O5/c1-13-6-7-18(8-14(13)2)27-12-22(26)28-11-20(25)19-9-15(3)24(17(19)5)21-10-16(4)29-23-21/h6-10H,11-12H2,1-5H3. The number of benzene rings is 1. The number of aromatic nitrogens is 2. The minimum absolute atomic E-state index is 0.257. The van der Waals surface area contributed by atoms with Gasteiger partial charge in [-0.3, -0.25) is 9.36 Å². The fourth-order valence-corrected chi connectivity index (χ4v) is 3.07. The van der Waals surface area contributed by atoms with Crippen LogP contribution in [0, 0.1) is 34.6 Å². The Kier molecular flexibility index (Phi) is 5.87. The smallest absolute Gasteiger partial charge is 0.344 e. The molecule has 0 spiro atoms. The number of ether oxygens (including phenoxy) is 2. The molecule has 152 valence electrons. The van der Waals surface area contributed by atoms with E-state index >= 15 is 0 Å². The van der Waals surface area contributed by atoms with Crippen molar-refractivity contribution >= 4 is 11.8 Å². The molecule has 2 heterocycles. The van der Waals surface area contributed by atoms with E-state index in [0.717, 1.165) is 16.8 Å². The summed E-state index contributed by atoms with van der Waals surface area (Å²) in [7, 11) is 0. The lowest BCUT2D eigenvalue weighted by Gasteiger charge is -2.08. The molecule has 0 fully saturated rings. The second kappa shape index (κ2) is 8.34. The summed E-state index contributed by atoms with van der Waals surface area (Å²) >= 11 is 0. The second-order valence-corrected chi connectivity index (χ2v) is 7.03. The molecule has 0 amide bonds. The van der Waals surface area contributed by atoms with Gasteiger partial charge in [0.05, 0.1) is 0 Å². The summed E-state index contributed by atoms with van der Waals surface area (Å²) in [6, 6.07) is 9.11. The van der Waals surface area contributed by atoms with E-state index in [9.17, 15) is 9.59 Å². The predicted molar refractivity (Wildman–Crippen MR) is 107 cm³/mol. The van der Waals surface area contributed by atoms with Crippen molar-refractivity contribution in [2.45, 2.75) is 34.6 Å². The highest BCUT2D eigenvalue weighted by Gasteiger charge is 2.19. The number of aryl methyl sites for hydroxylation is 4. The lowest BCUT2D eigenvalue weighted by atomic mass is 10.1. The lowest BCUT2D eigenvalue weighted by Crippen LogP contribution is -2.20. The highest BCUT2D eigenvalue weighted by molar-refractivity contribution is 5.99. The van der Waals surface area contributed by atoms with Crippen LogP contribution in [-0.2, 0) is 9.53 Å². The molecule has 0 aliphatic heterocycles. The molecule has 0 unspecified atom stereocenters. The predicted octanol–water partition coefficient (Wildman–Crippen LogP) is 3.81. The zero-order valence-corrected chi connectivity index (χ0v) is 17.2. The van der Waals surface area contributed by atoms with Gasteiger partial charge >= 0.3 is 5.97 Å². The summed E-state index contributed by atoms with van der Waals surface area (Å²) < 4.78 is 17.5. The van der Waals surface area contributed by atoms with Gasteiger partial charge in [0, 0.05) is 23.0 Å². The highest BCUT2D eigenvalue weighted by Crippen LogP contribution is 2.21. The number of carbonyl (C=O) groups is 2. The van der Waals surface area contributed by atoms with Crippen LogP contribution in [0.4, 0.5) is 0 Å². The van der Waals surface area contributed by atoms with E-state index < -0.39 is 5.97 Å². The molecule has 29 heavy (non-hydrogen) atoms. The van der Waals surface area contributed by atoms with E-state index in [0.29, 0.717) is 28.6 Å². The van der Waals surface area contributed by atoms with Gasteiger partial charge in [0.15, 0.2) is 19.0 Å². The molecule has 3 rings (SSSR count). The van der Waals surface area contributed by atoms with Crippen molar-refractivity contribution in [3.63, 3.8) is 0 Å². The Hall–Kier alpha value is -3.35. The molecule has 3 aromatic rings. The second-order valence-electron chi connectivity index (χ2n) is 7.03. The summed E-state index contributed by atoms with van der Waals surface area (Å²) in [6.45, 7) is 8.85. The first-order valence-corrected chi connectivity index (χ1v) is 9.27. The molecule has 2 aromatic heterocycles. The van der Waals surface area contributed by atoms with Crippen molar-refractivity contribution in [3.05, 3.63) is 64.2 Å². The molecule has 0 atom stereocenters. The van der Waals surface area contributed by atoms with Crippen LogP contribution in [0.1, 0.15) is 38.6 Å². The molecule has 1 aromatic carbocycles. The average Bonchev–Trinajstić information content (AvgIpc) is 3.23. The van der Waals surface area contributed by atoms with Crippen molar-refractivity contribution in [2.24, 2.45) is 0 Å². The third-order valence-corrected chi connectivity index (χ3v) is 4.78. The third kappa shape index (κ3) is 4.56. The number of Topliss-reactive ketones (excluding diaryl/α,β-unsaturated/α-hetero) is 1. The van der Waals surface area contributed by atoms with E-state index in [-0.39, 0.29) is 19.0 Å². The van der Waals surface area contributed by atoms with Crippen LogP contribution in [0.15, 0.2) is 34.9 Å². The fourth-order valence-electron chi connectivity index (χ4n) is 3.07. The molecule has 0 aliphatic rings. The molecule has 0 aliphatic carbocycles. The summed E-state index contributed by atoms with van der Waals surface area (Å²) in [5, 5.41) is 3.99. The first-order valence-electron chi connectivity index (χ1n) is 9.27. The van der Waals surface area contributed by atoms with Gasteiger partial charge in [-0.15, -0.1) is 0 Å². The third-order valence-electron chi connectivity index (χ3n) is 4.78. The van der Waals surface area contributed by atoms with Gasteiger partial charge in [-0.1, -0.05) is 11.2 Å². The average molecular weight is 396 g/mol. The molecule has 0 bridgehead atoms. The number of ketones is 1. The Morgan fingerprint density at radius 2 is 1.76 bits per heavy atom. The first kappa shape index (κ1) is 20.4. The van der Waals surface area contributed by atoms with Crippen LogP contribution in [0.2, 0.25) is 0 Å². The van der Waals surface area contributed by atoms with Gasteiger partial charge in [-0.05, 0) is 63.9 Å². The van der Waals surface area contributed by atoms with Gasteiger partial charge in [0.1, 0.15) is 11.5 Å². The SMILES string of the molecule is Cc1cc(-n2c(C)cc(C(=O)COC(=O)COc3ccc(C)c(C)c3)c2C)no1. The Labute approximate surface area is 169 Å². The normalized spacial score (nSPS) is 10.8.